The third-order valence-electron chi connectivity index (χ3n) is 4.12. The van der Waals surface area contributed by atoms with E-state index in [9.17, 15) is 5.11 Å². The Hall–Kier alpha value is -2.14. The molecule has 4 nitrogen and oxygen atoms in total. The lowest BCUT2D eigenvalue weighted by Gasteiger charge is -2.28. The quantitative estimate of drug-likeness (QED) is 0.688. The van der Waals surface area contributed by atoms with Crippen LogP contribution in [0.2, 0.25) is 5.02 Å². The van der Waals surface area contributed by atoms with Crippen LogP contribution >= 0.6 is 11.6 Å². The Morgan fingerprint density at radius 3 is 2.13 bits per heavy atom. The second kappa shape index (κ2) is 6.16. The number of benzene rings is 2. The number of aromatic nitrogens is 2. The summed E-state index contributed by atoms with van der Waals surface area (Å²) < 4.78 is 0. The Balaban J connectivity index is 1.99. The van der Waals surface area contributed by atoms with Crippen molar-refractivity contribution in [1.82, 2.24) is 10.2 Å². The molecule has 3 rings (SSSR count). The van der Waals surface area contributed by atoms with E-state index in [4.69, 9.17) is 17.3 Å². The molecular weight excluding hydrogens is 310 g/mol. The van der Waals surface area contributed by atoms with Gasteiger partial charge in [-0.25, -0.2) is 0 Å². The van der Waals surface area contributed by atoms with Gasteiger partial charge in [0.2, 0.25) is 0 Å². The van der Waals surface area contributed by atoms with Crippen LogP contribution in [0.5, 0.6) is 0 Å². The molecule has 0 aliphatic rings. The predicted molar refractivity (Wildman–Crippen MR) is 92.3 cm³/mol. The fraction of sp³-hybridized carbons (Fsp3) is 0.167. The fourth-order valence-corrected chi connectivity index (χ4v) is 2.82. The van der Waals surface area contributed by atoms with Gasteiger partial charge in [-0.1, -0.05) is 48.0 Å². The summed E-state index contributed by atoms with van der Waals surface area (Å²) in [5, 5.41) is 18.6. The van der Waals surface area contributed by atoms with E-state index in [0.717, 1.165) is 27.9 Å². The van der Waals surface area contributed by atoms with Crippen LogP contribution in [-0.4, -0.2) is 21.8 Å². The standard InChI is InChI=1S/C18H18ClN3O/c1-12-17(10-21-22-12)13-2-4-14(5-3-13)18(23,11-20)15-6-8-16(19)9-7-15/h2-10,23H,11,20H2,1H3,(H,21,22). The Kier molecular flexibility index (Phi) is 4.22. The minimum absolute atomic E-state index is 0.0821. The highest BCUT2D eigenvalue weighted by atomic mass is 35.5. The maximum Gasteiger partial charge on any atom is 0.127 e. The van der Waals surface area contributed by atoms with Crippen LogP contribution in [0, 0.1) is 6.92 Å². The highest BCUT2D eigenvalue weighted by Crippen LogP contribution is 2.31. The molecule has 3 aromatic rings. The molecule has 0 saturated carbocycles. The Labute approximate surface area is 139 Å². The van der Waals surface area contributed by atoms with Crippen LogP contribution in [0.4, 0.5) is 0 Å². The highest BCUT2D eigenvalue weighted by Gasteiger charge is 2.29. The Morgan fingerprint density at radius 1 is 1.09 bits per heavy atom. The van der Waals surface area contributed by atoms with E-state index in [-0.39, 0.29) is 6.54 Å². The summed E-state index contributed by atoms with van der Waals surface area (Å²) in [5.41, 5.74) is 9.17. The molecule has 0 saturated heterocycles. The van der Waals surface area contributed by atoms with E-state index in [1.54, 1.807) is 30.5 Å². The van der Waals surface area contributed by atoms with Crippen LogP contribution in [0.3, 0.4) is 0 Å². The first-order chi connectivity index (χ1) is 11.0. The van der Waals surface area contributed by atoms with Gasteiger partial charge in [0, 0.05) is 22.8 Å². The number of nitrogens with one attached hydrogen (secondary N) is 1. The highest BCUT2D eigenvalue weighted by molar-refractivity contribution is 6.30. The third-order valence-corrected chi connectivity index (χ3v) is 4.37. The Morgan fingerprint density at radius 2 is 1.65 bits per heavy atom. The average Bonchev–Trinajstić information content (AvgIpc) is 3.01. The van der Waals surface area contributed by atoms with Crippen LogP contribution in [-0.2, 0) is 5.60 Å². The molecule has 1 heterocycles. The van der Waals surface area contributed by atoms with Gasteiger partial charge < -0.3 is 10.8 Å². The van der Waals surface area contributed by atoms with E-state index < -0.39 is 5.60 Å². The zero-order chi connectivity index (χ0) is 16.4. The van der Waals surface area contributed by atoms with Gasteiger partial charge in [-0.2, -0.15) is 5.10 Å². The van der Waals surface area contributed by atoms with Crippen molar-refractivity contribution in [3.63, 3.8) is 0 Å². The average molecular weight is 328 g/mol. The van der Waals surface area contributed by atoms with E-state index in [1.165, 1.54) is 0 Å². The number of aliphatic hydroxyl groups is 1. The molecule has 0 radical (unpaired) electrons. The lowest BCUT2D eigenvalue weighted by molar-refractivity contribution is 0.0902. The third kappa shape index (κ3) is 2.88. The minimum atomic E-state index is -1.24. The largest absolute Gasteiger partial charge is 0.379 e. The summed E-state index contributed by atoms with van der Waals surface area (Å²) in [4.78, 5) is 0. The molecule has 1 atom stereocenters. The maximum atomic E-state index is 11.0. The molecule has 0 aliphatic heterocycles. The summed E-state index contributed by atoms with van der Waals surface area (Å²) in [6, 6.07) is 14.8. The van der Waals surface area contributed by atoms with Gasteiger partial charge in [0.15, 0.2) is 0 Å². The maximum absolute atomic E-state index is 11.0. The SMILES string of the molecule is Cc1[nH]ncc1-c1ccc(C(O)(CN)c2ccc(Cl)cc2)cc1. The van der Waals surface area contributed by atoms with Crippen molar-refractivity contribution in [1.29, 1.82) is 0 Å². The number of aromatic amines is 1. The number of hydrogen-bond donors (Lipinski definition) is 3. The number of H-pyrrole nitrogens is 1. The van der Waals surface area contributed by atoms with Crippen LogP contribution in [0.15, 0.2) is 54.7 Å². The van der Waals surface area contributed by atoms with Crippen molar-refractivity contribution >= 4 is 11.6 Å². The van der Waals surface area contributed by atoms with Gasteiger partial charge in [-0.05, 0) is 35.7 Å². The second-order valence-electron chi connectivity index (χ2n) is 5.56. The molecule has 23 heavy (non-hydrogen) atoms. The summed E-state index contributed by atoms with van der Waals surface area (Å²) >= 11 is 5.92. The molecule has 0 fully saturated rings. The zero-order valence-electron chi connectivity index (χ0n) is 12.8. The summed E-state index contributed by atoms with van der Waals surface area (Å²) in [6.45, 7) is 2.05. The molecule has 0 amide bonds. The van der Waals surface area contributed by atoms with Crippen molar-refractivity contribution in [3.8, 4) is 11.1 Å². The first kappa shape index (κ1) is 15.7. The first-order valence-electron chi connectivity index (χ1n) is 7.34. The normalized spacial score (nSPS) is 13.7. The van der Waals surface area contributed by atoms with Crippen molar-refractivity contribution in [3.05, 3.63) is 76.6 Å². The molecule has 118 valence electrons. The minimum Gasteiger partial charge on any atom is -0.379 e. The molecule has 4 N–H and O–H groups in total. The van der Waals surface area contributed by atoms with Crippen molar-refractivity contribution < 1.29 is 5.11 Å². The van der Waals surface area contributed by atoms with E-state index in [2.05, 4.69) is 10.2 Å². The molecule has 1 aromatic heterocycles. The number of nitrogens with two attached hydrogens (primary N) is 1. The molecule has 2 aromatic carbocycles. The lowest BCUT2D eigenvalue weighted by atomic mass is 9.85. The zero-order valence-corrected chi connectivity index (χ0v) is 13.5. The number of halogens is 1. The fourth-order valence-electron chi connectivity index (χ4n) is 2.70. The van der Waals surface area contributed by atoms with Gasteiger partial charge >= 0.3 is 0 Å². The van der Waals surface area contributed by atoms with Gasteiger partial charge in [0.25, 0.3) is 0 Å². The van der Waals surface area contributed by atoms with Crippen LogP contribution < -0.4 is 5.73 Å². The second-order valence-corrected chi connectivity index (χ2v) is 5.99. The van der Waals surface area contributed by atoms with Gasteiger partial charge in [-0.15, -0.1) is 0 Å². The summed E-state index contributed by atoms with van der Waals surface area (Å²) in [6.07, 6.45) is 1.79. The topological polar surface area (TPSA) is 74.9 Å². The summed E-state index contributed by atoms with van der Waals surface area (Å²) in [5.74, 6) is 0. The number of nitrogens with zero attached hydrogens (tertiary/aromatic N) is 1. The van der Waals surface area contributed by atoms with Crippen molar-refractivity contribution in [2.45, 2.75) is 12.5 Å². The van der Waals surface area contributed by atoms with Gasteiger partial charge in [-0.3, -0.25) is 5.10 Å². The molecule has 0 aliphatic carbocycles. The van der Waals surface area contributed by atoms with Gasteiger partial charge in [0.1, 0.15) is 5.60 Å². The monoisotopic (exact) mass is 327 g/mol. The van der Waals surface area contributed by atoms with Crippen LogP contribution in [0.25, 0.3) is 11.1 Å². The molecular formula is C18H18ClN3O. The first-order valence-corrected chi connectivity index (χ1v) is 7.72. The smallest absolute Gasteiger partial charge is 0.127 e. The van der Waals surface area contributed by atoms with Crippen molar-refractivity contribution in [2.24, 2.45) is 5.73 Å². The van der Waals surface area contributed by atoms with E-state index in [0.29, 0.717) is 5.02 Å². The predicted octanol–water partition coefficient (Wildman–Crippen LogP) is 3.23. The van der Waals surface area contributed by atoms with E-state index >= 15 is 0 Å². The van der Waals surface area contributed by atoms with Crippen molar-refractivity contribution in [2.75, 3.05) is 6.54 Å². The Bertz CT molecular complexity index is 796. The number of aryl methyl sites for hydroxylation is 1. The molecule has 0 bridgehead atoms. The summed E-state index contributed by atoms with van der Waals surface area (Å²) in [7, 11) is 0. The van der Waals surface area contributed by atoms with Crippen LogP contribution in [0.1, 0.15) is 16.8 Å². The van der Waals surface area contributed by atoms with E-state index in [1.807, 2.05) is 31.2 Å². The molecule has 0 spiro atoms. The number of rotatable bonds is 4. The molecule has 5 heteroatoms. The lowest BCUT2D eigenvalue weighted by Crippen LogP contribution is -2.36. The molecule has 1 unspecified atom stereocenters. The number of hydrogen-bond acceptors (Lipinski definition) is 3. The van der Waals surface area contributed by atoms with Gasteiger partial charge in [0.05, 0.1) is 6.20 Å².